The second kappa shape index (κ2) is 7.46. The number of carbonyl (C=O) groups excluding carboxylic acids is 1. The van der Waals surface area contributed by atoms with Gasteiger partial charge < -0.3 is 4.74 Å². The van der Waals surface area contributed by atoms with Crippen molar-refractivity contribution in [3.05, 3.63) is 12.2 Å². The van der Waals surface area contributed by atoms with Crippen molar-refractivity contribution in [3.8, 4) is 0 Å². The monoisotopic (exact) mass is 480 g/mol. The Kier molecular flexibility index (Phi) is 6.17. The minimum absolute atomic E-state index is 0.164. The number of fused-ring (bicyclic) bond motifs is 2. The third-order valence-electron chi connectivity index (χ3n) is 5.88. The molecule has 0 aromatic carbocycles. The van der Waals surface area contributed by atoms with Gasteiger partial charge in [-0.25, -0.2) is 4.79 Å². The molecule has 0 radical (unpaired) electrons. The van der Waals surface area contributed by atoms with E-state index >= 15 is 0 Å². The minimum atomic E-state index is -7.08. The smallest absolute Gasteiger partial charge is 0.455 e. The predicted octanol–water partition coefficient (Wildman–Crippen LogP) is 6.46. The molecule has 0 saturated heterocycles. The molecule has 180 valence electrons. The van der Waals surface area contributed by atoms with Crippen LogP contribution in [0.2, 0.25) is 0 Å². The normalized spacial score (nSPS) is 27.5. The first kappa shape index (κ1) is 25.6. The molecule has 2 aliphatic rings. The second-order valence-corrected chi connectivity index (χ2v) is 7.86. The van der Waals surface area contributed by atoms with Crippen molar-refractivity contribution >= 4 is 5.97 Å². The van der Waals surface area contributed by atoms with Crippen LogP contribution < -0.4 is 0 Å². The first-order chi connectivity index (χ1) is 13.7. The van der Waals surface area contributed by atoms with E-state index in [1.165, 1.54) is 0 Å². The van der Waals surface area contributed by atoms with E-state index in [1.807, 2.05) is 0 Å². The zero-order chi connectivity index (χ0) is 24.3. The van der Waals surface area contributed by atoms with Crippen molar-refractivity contribution in [2.24, 2.45) is 11.8 Å². The molecule has 3 atom stereocenters. The van der Waals surface area contributed by atoms with Crippen LogP contribution in [0.25, 0.3) is 0 Å². The molecule has 2 aliphatic carbocycles. The lowest BCUT2D eigenvalue weighted by molar-refractivity contribution is -0.397. The van der Waals surface area contributed by atoms with E-state index in [9.17, 15) is 57.5 Å². The van der Waals surface area contributed by atoms with Gasteiger partial charge in [0.05, 0.1) is 0 Å². The molecular weight excluding hydrogens is 464 g/mol. The molecule has 31 heavy (non-hydrogen) atoms. The molecule has 0 aliphatic heterocycles. The molecule has 0 amide bonds. The summed E-state index contributed by atoms with van der Waals surface area (Å²) < 4.78 is 160. The number of alkyl halides is 12. The Morgan fingerprint density at radius 1 is 0.903 bits per heavy atom. The Morgan fingerprint density at radius 2 is 1.45 bits per heavy atom. The summed E-state index contributed by atoms with van der Waals surface area (Å²) in [6, 6.07) is 0. The zero-order valence-electron chi connectivity index (χ0n) is 15.5. The Morgan fingerprint density at radius 3 is 1.84 bits per heavy atom. The maximum absolute atomic E-state index is 13.9. The molecule has 0 aromatic rings. The first-order valence-corrected chi connectivity index (χ1v) is 8.87. The highest BCUT2D eigenvalue weighted by atomic mass is 19.4. The molecule has 0 N–H and O–H groups in total. The molecule has 2 rings (SSSR count). The van der Waals surface area contributed by atoms with Crippen molar-refractivity contribution in [2.45, 2.75) is 74.2 Å². The maximum atomic E-state index is 13.9. The minimum Gasteiger partial charge on any atom is -0.455 e. The molecule has 2 nitrogen and oxygen atoms in total. The van der Waals surface area contributed by atoms with E-state index in [2.05, 4.69) is 6.58 Å². The standard InChI is InChI=1S/C17H16F12O2/c1-8(14(20,21)22)11(30)31-12(7-9-2-3-10(12)6-9)4-5-13(18,19)15(23,24)16(25,26)17(27,28)29/h9-10H,1-7H2. The second-order valence-electron chi connectivity index (χ2n) is 7.86. The largest absolute Gasteiger partial charge is 0.460 e. The zero-order valence-corrected chi connectivity index (χ0v) is 15.5. The molecule has 2 fully saturated rings. The quantitative estimate of drug-likeness (QED) is 0.238. The summed E-state index contributed by atoms with van der Waals surface area (Å²) in [6.07, 6.45) is -15.3. The van der Waals surface area contributed by atoms with Gasteiger partial charge in [-0.2, -0.15) is 52.7 Å². The molecule has 3 unspecified atom stereocenters. The van der Waals surface area contributed by atoms with Gasteiger partial charge in [0.1, 0.15) is 11.2 Å². The summed E-state index contributed by atoms with van der Waals surface area (Å²) in [5, 5.41) is 0. The Labute approximate surface area is 167 Å². The number of halogens is 12. The van der Waals surface area contributed by atoms with E-state index in [0.29, 0.717) is 6.42 Å². The van der Waals surface area contributed by atoms with Crippen molar-refractivity contribution in [1.29, 1.82) is 0 Å². The van der Waals surface area contributed by atoms with Crippen LogP contribution in [0.5, 0.6) is 0 Å². The van der Waals surface area contributed by atoms with Crippen LogP contribution in [0.1, 0.15) is 38.5 Å². The van der Waals surface area contributed by atoms with Crippen molar-refractivity contribution < 1.29 is 62.2 Å². The molecular formula is C17H16F12O2. The van der Waals surface area contributed by atoms with Crippen molar-refractivity contribution in [1.82, 2.24) is 0 Å². The van der Waals surface area contributed by atoms with Crippen LogP contribution in [-0.2, 0) is 9.53 Å². The first-order valence-electron chi connectivity index (χ1n) is 8.87. The molecule has 2 saturated carbocycles. The van der Waals surface area contributed by atoms with Crippen LogP contribution in [0, 0.1) is 11.8 Å². The van der Waals surface area contributed by atoms with Gasteiger partial charge in [0, 0.05) is 6.42 Å². The Balaban J connectivity index is 2.27. The third kappa shape index (κ3) is 4.35. The molecule has 0 heterocycles. The maximum Gasteiger partial charge on any atom is 0.460 e. The van der Waals surface area contributed by atoms with Gasteiger partial charge >= 0.3 is 36.1 Å². The summed E-state index contributed by atoms with van der Waals surface area (Å²) in [5.74, 6) is -23.1. The summed E-state index contributed by atoms with van der Waals surface area (Å²) in [7, 11) is 0. The van der Waals surface area contributed by atoms with Crippen molar-refractivity contribution in [3.63, 3.8) is 0 Å². The third-order valence-corrected chi connectivity index (χ3v) is 5.88. The van der Waals surface area contributed by atoms with E-state index in [4.69, 9.17) is 4.74 Å². The SMILES string of the molecule is C=C(C(=O)OC1(CCC(F)(F)C(F)(F)C(F)(F)C(F)(F)F)CC2CCC1C2)C(F)(F)F. The van der Waals surface area contributed by atoms with E-state index in [1.54, 1.807) is 0 Å². The Bertz CT molecular complexity index is 724. The Hall–Kier alpha value is -1.63. The summed E-state index contributed by atoms with van der Waals surface area (Å²) in [6.45, 7) is 2.48. The van der Waals surface area contributed by atoms with Gasteiger partial charge in [0.15, 0.2) is 0 Å². The number of hydrogen-bond acceptors (Lipinski definition) is 2. The molecule has 2 bridgehead atoms. The summed E-state index contributed by atoms with van der Waals surface area (Å²) >= 11 is 0. The molecule has 0 spiro atoms. The number of rotatable bonds is 7. The van der Waals surface area contributed by atoms with Gasteiger partial charge in [-0.1, -0.05) is 6.58 Å². The topological polar surface area (TPSA) is 26.3 Å². The number of hydrogen-bond donors (Lipinski definition) is 0. The fraction of sp³-hybridized carbons (Fsp3) is 0.824. The number of carbonyl (C=O) groups is 1. The van der Waals surface area contributed by atoms with Gasteiger partial charge in [-0.3, -0.25) is 0 Å². The fourth-order valence-corrected chi connectivity index (χ4v) is 4.17. The fourth-order valence-electron chi connectivity index (χ4n) is 4.17. The predicted molar refractivity (Wildman–Crippen MR) is 79.6 cm³/mol. The van der Waals surface area contributed by atoms with Crippen LogP contribution in [-0.4, -0.2) is 41.7 Å². The average molecular weight is 480 g/mol. The van der Waals surface area contributed by atoms with Gasteiger partial charge in [-0.05, 0) is 43.9 Å². The highest BCUT2D eigenvalue weighted by Crippen LogP contribution is 2.58. The van der Waals surface area contributed by atoms with Crippen LogP contribution >= 0.6 is 0 Å². The summed E-state index contributed by atoms with van der Waals surface area (Å²) in [4.78, 5) is 11.8. The lowest BCUT2D eigenvalue weighted by Crippen LogP contribution is -2.61. The van der Waals surface area contributed by atoms with Crippen molar-refractivity contribution in [2.75, 3.05) is 0 Å². The van der Waals surface area contributed by atoms with Crippen LogP contribution in [0.15, 0.2) is 12.2 Å². The van der Waals surface area contributed by atoms with Crippen LogP contribution in [0.3, 0.4) is 0 Å². The van der Waals surface area contributed by atoms with Gasteiger partial charge in [0.2, 0.25) is 0 Å². The van der Waals surface area contributed by atoms with E-state index in [0.717, 1.165) is 0 Å². The van der Waals surface area contributed by atoms with E-state index in [-0.39, 0.29) is 25.2 Å². The van der Waals surface area contributed by atoms with Gasteiger partial charge in [0.25, 0.3) is 0 Å². The van der Waals surface area contributed by atoms with Gasteiger partial charge in [-0.15, -0.1) is 0 Å². The molecule has 0 aromatic heterocycles. The number of ether oxygens (including phenoxy) is 1. The lowest BCUT2D eigenvalue weighted by atomic mass is 9.79. The summed E-state index contributed by atoms with van der Waals surface area (Å²) in [5.41, 5.74) is -4.14. The van der Waals surface area contributed by atoms with E-state index < -0.39 is 66.0 Å². The average Bonchev–Trinajstić information content (AvgIpc) is 3.18. The molecule has 14 heteroatoms. The number of esters is 1. The lowest BCUT2D eigenvalue weighted by Gasteiger charge is -2.40. The van der Waals surface area contributed by atoms with Crippen LogP contribution in [0.4, 0.5) is 52.7 Å². The highest BCUT2D eigenvalue weighted by Gasteiger charge is 2.81. The highest BCUT2D eigenvalue weighted by molar-refractivity contribution is 5.89.